The number of thiophene rings is 1. The second kappa shape index (κ2) is 5.60. The SMILES string of the molecule is OC[C@H]1OC[C@H](O)[C@@]1(O)n1c2ncnc(-c3ccoc3)c2c2ccsc21. The van der Waals surface area contributed by atoms with Crippen molar-refractivity contribution in [3.05, 3.63) is 36.4 Å². The van der Waals surface area contributed by atoms with Crippen molar-refractivity contribution in [2.75, 3.05) is 13.2 Å². The van der Waals surface area contributed by atoms with Crippen LogP contribution in [0.3, 0.4) is 0 Å². The molecule has 5 rings (SSSR count). The smallest absolute Gasteiger partial charge is 0.201 e. The maximum Gasteiger partial charge on any atom is 0.201 e. The Morgan fingerprint density at radius 1 is 1.35 bits per heavy atom. The lowest BCUT2D eigenvalue weighted by Crippen LogP contribution is -2.50. The summed E-state index contributed by atoms with van der Waals surface area (Å²) in [5, 5.41) is 35.0. The molecule has 3 atom stereocenters. The molecule has 5 heterocycles. The van der Waals surface area contributed by atoms with Gasteiger partial charge in [0.05, 0.1) is 36.8 Å². The van der Waals surface area contributed by atoms with E-state index in [0.29, 0.717) is 11.3 Å². The first-order valence-electron chi connectivity index (χ1n) is 8.04. The Kier molecular flexibility index (Phi) is 3.43. The Balaban J connectivity index is 1.89. The predicted molar refractivity (Wildman–Crippen MR) is 93.6 cm³/mol. The van der Waals surface area contributed by atoms with Gasteiger partial charge in [0.2, 0.25) is 5.72 Å². The van der Waals surface area contributed by atoms with Crippen LogP contribution in [0, 0.1) is 0 Å². The van der Waals surface area contributed by atoms with E-state index in [1.165, 1.54) is 17.7 Å². The molecule has 0 bridgehead atoms. The van der Waals surface area contributed by atoms with E-state index in [1.807, 2.05) is 11.4 Å². The number of hydrogen-bond acceptors (Lipinski definition) is 8. The minimum absolute atomic E-state index is 0.0755. The van der Waals surface area contributed by atoms with E-state index >= 15 is 0 Å². The van der Waals surface area contributed by atoms with Crippen molar-refractivity contribution in [2.45, 2.75) is 17.9 Å². The van der Waals surface area contributed by atoms with Crippen molar-refractivity contribution in [2.24, 2.45) is 0 Å². The number of rotatable bonds is 3. The molecule has 8 nitrogen and oxygen atoms in total. The highest BCUT2D eigenvalue weighted by molar-refractivity contribution is 7.17. The molecule has 1 fully saturated rings. The van der Waals surface area contributed by atoms with Gasteiger partial charge < -0.3 is 24.5 Å². The van der Waals surface area contributed by atoms with Gasteiger partial charge in [-0.3, -0.25) is 4.57 Å². The minimum Gasteiger partial charge on any atom is -0.472 e. The molecule has 0 radical (unpaired) electrons. The summed E-state index contributed by atoms with van der Waals surface area (Å²) in [5.74, 6) is 0. The standard InChI is InChI=1S/C17H15N3O5S/c21-5-12-17(23,11(22)7-25-12)20-15-13(10-2-4-26-16(10)20)14(18-8-19-15)9-1-3-24-6-9/h1-4,6,8,11-12,21-23H,5,7H2/t11-,12+,17-/m0/s1. The quantitative estimate of drug-likeness (QED) is 0.496. The third kappa shape index (κ3) is 1.91. The summed E-state index contributed by atoms with van der Waals surface area (Å²) in [5.41, 5.74) is 0.0883. The molecule has 0 aromatic carbocycles. The average Bonchev–Trinajstić information content (AvgIpc) is 3.40. The van der Waals surface area contributed by atoms with Crippen molar-refractivity contribution in [1.82, 2.24) is 14.5 Å². The molecule has 4 aromatic rings. The van der Waals surface area contributed by atoms with Crippen molar-refractivity contribution in [1.29, 1.82) is 0 Å². The van der Waals surface area contributed by atoms with Crippen molar-refractivity contribution in [3.8, 4) is 11.3 Å². The van der Waals surface area contributed by atoms with Crippen LogP contribution in [0.15, 0.2) is 40.8 Å². The zero-order chi connectivity index (χ0) is 17.9. The molecule has 0 saturated carbocycles. The Hall–Kier alpha value is -2.30. The highest BCUT2D eigenvalue weighted by atomic mass is 32.1. The Morgan fingerprint density at radius 3 is 3.00 bits per heavy atom. The van der Waals surface area contributed by atoms with Crippen LogP contribution in [0.25, 0.3) is 32.5 Å². The number of aliphatic hydroxyl groups is 3. The summed E-state index contributed by atoms with van der Waals surface area (Å²) >= 11 is 1.41. The molecule has 4 aromatic heterocycles. The summed E-state index contributed by atoms with van der Waals surface area (Å²) in [4.78, 5) is 9.49. The van der Waals surface area contributed by atoms with E-state index in [1.54, 1.807) is 23.2 Å². The monoisotopic (exact) mass is 373 g/mol. The van der Waals surface area contributed by atoms with Gasteiger partial charge in [-0.15, -0.1) is 11.3 Å². The molecule has 1 aliphatic heterocycles. The topological polar surface area (TPSA) is 114 Å². The van der Waals surface area contributed by atoms with Crippen molar-refractivity contribution in [3.63, 3.8) is 0 Å². The highest BCUT2D eigenvalue weighted by Gasteiger charge is 2.53. The predicted octanol–water partition coefficient (Wildman–Crippen LogP) is 1.30. The lowest BCUT2D eigenvalue weighted by Gasteiger charge is -2.32. The maximum atomic E-state index is 11.4. The zero-order valence-electron chi connectivity index (χ0n) is 13.4. The molecule has 0 amide bonds. The number of aliphatic hydroxyl groups excluding tert-OH is 2. The van der Waals surface area contributed by atoms with Gasteiger partial charge in [-0.05, 0) is 17.5 Å². The number of aromatic nitrogens is 3. The van der Waals surface area contributed by atoms with E-state index in [0.717, 1.165) is 21.2 Å². The number of fused-ring (bicyclic) bond motifs is 3. The molecule has 0 aliphatic carbocycles. The number of ether oxygens (including phenoxy) is 1. The van der Waals surface area contributed by atoms with E-state index in [-0.39, 0.29) is 6.61 Å². The van der Waals surface area contributed by atoms with Crippen molar-refractivity contribution < 1.29 is 24.5 Å². The fraction of sp³-hybridized carbons (Fsp3) is 0.294. The van der Waals surface area contributed by atoms with Crippen LogP contribution in [-0.4, -0.2) is 55.3 Å². The van der Waals surface area contributed by atoms with E-state index in [4.69, 9.17) is 9.15 Å². The third-order valence-electron chi connectivity index (χ3n) is 4.89. The maximum absolute atomic E-state index is 11.4. The van der Waals surface area contributed by atoms with Gasteiger partial charge in [-0.2, -0.15) is 0 Å². The van der Waals surface area contributed by atoms with Gasteiger partial charge in [0, 0.05) is 10.9 Å². The van der Waals surface area contributed by atoms with Crippen LogP contribution < -0.4 is 0 Å². The molecule has 3 N–H and O–H groups in total. The van der Waals surface area contributed by atoms with Crippen molar-refractivity contribution >= 4 is 32.6 Å². The van der Waals surface area contributed by atoms with Gasteiger partial charge in [-0.25, -0.2) is 9.97 Å². The molecule has 26 heavy (non-hydrogen) atoms. The van der Waals surface area contributed by atoms with Crippen LogP contribution in [0.4, 0.5) is 0 Å². The molecule has 9 heteroatoms. The molecule has 0 spiro atoms. The van der Waals surface area contributed by atoms with Crippen LogP contribution >= 0.6 is 11.3 Å². The normalized spacial score (nSPS) is 26.3. The summed E-state index contributed by atoms with van der Waals surface area (Å²) < 4.78 is 12.1. The molecular formula is C17H15N3O5S. The number of furan rings is 1. The van der Waals surface area contributed by atoms with Gasteiger partial charge >= 0.3 is 0 Å². The first kappa shape index (κ1) is 15.9. The van der Waals surface area contributed by atoms with E-state index in [2.05, 4.69) is 9.97 Å². The lowest BCUT2D eigenvalue weighted by atomic mass is 10.0. The summed E-state index contributed by atoms with van der Waals surface area (Å²) in [6, 6.07) is 3.72. The van der Waals surface area contributed by atoms with E-state index < -0.39 is 24.5 Å². The first-order chi connectivity index (χ1) is 12.7. The second-order valence-corrected chi connectivity index (χ2v) is 7.11. The fourth-order valence-electron chi connectivity index (χ4n) is 3.65. The van der Waals surface area contributed by atoms with Gasteiger partial charge in [0.15, 0.2) is 0 Å². The Bertz CT molecular complexity index is 1090. The van der Waals surface area contributed by atoms with Gasteiger partial charge in [0.25, 0.3) is 0 Å². The van der Waals surface area contributed by atoms with Gasteiger partial charge in [-0.1, -0.05) is 0 Å². The highest BCUT2D eigenvalue weighted by Crippen LogP contribution is 2.43. The van der Waals surface area contributed by atoms with Crippen LogP contribution in [0.2, 0.25) is 0 Å². The lowest BCUT2D eigenvalue weighted by molar-refractivity contribution is -0.145. The third-order valence-corrected chi connectivity index (χ3v) is 5.79. The number of nitrogens with zero attached hydrogens (tertiary/aromatic N) is 3. The van der Waals surface area contributed by atoms with Gasteiger partial charge in [0.1, 0.15) is 29.0 Å². The molecule has 1 saturated heterocycles. The fourth-order valence-corrected chi connectivity index (χ4v) is 4.62. The molecular weight excluding hydrogens is 358 g/mol. The average molecular weight is 373 g/mol. The summed E-state index contributed by atoms with van der Waals surface area (Å²) in [7, 11) is 0. The second-order valence-electron chi connectivity index (χ2n) is 6.21. The Labute approximate surface area is 150 Å². The molecule has 1 aliphatic rings. The van der Waals surface area contributed by atoms with Crippen LogP contribution in [0.1, 0.15) is 0 Å². The van der Waals surface area contributed by atoms with Crippen LogP contribution in [-0.2, 0) is 10.5 Å². The minimum atomic E-state index is -1.83. The van der Waals surface area contributed by atoms with E-state index in [9.17, 15) is 15.3 Å². The zero-order valence-corrected chi connectivity index (χ0v) is 14.3. The number of hydrogen-bond donors (Lipinski definition) is 3. The summed E-state index contributed by atoms with van der Waals surface area (Å²) in [6.07, 6.45) is 2.40. The van der Waals surface area contributed by atoms with Crippen LogP contribution in [0.5, 0.6) is 0 Å². The molecule has 0 unspecified atom stereocenters. The summed E-state index contributed by atoms with van der Waals surface area (Å²) in [6.45, 7) is -0.506. The molecule has 134 valence electrons. The Morgan fingerprint density at radius 2 is 2.23 bits per heavy atom. The largest absolute Gasteiger partial charge is 0.472 e. The first-order valence-corrected chi connectivity index (χ1v) is 8.92.